The van der Waals surface area contributed by atoms with Gasteiger partial charge in [-0.25, -0.2) is 4.79 Å². The lowest BCUT2D eigenvalue weighted by molar-refractivity contribution is -0.385. The van der Waals surface area contributed by atoms with Crippen LogP contribution in [-0.4, -0.2) is 46.3 Å². The number of nitrogens with two attached hydrogens (primary N) is 1. The molecule has 0 unspecified atom stereocenters. The smallest absolute Gasteiger partial charge is 0.316 e. The summed E-state index contributed by atoms with van der Waals surface area (Å²) < 4.78 is 0. The Morgan fingerprint density at radius 2 is 1.95 bits per heavy atom. The highest BCUT2D eigenvalue weighted by Gasteiger charge is 2.26. The molecule has 0 aromatic heterocycles. The highest BCUT2D eigenvalue weighted by atomic mass is 16.6. The van der Waals surface area contributed by atoms with Crippen molar-refractivity contribution in [1.29, 1.82) is 0 Å². The third-order valence-electron chi connectivity index (χ3n) is 2.50. The second-order valence-corrected chi connectivity index (χ2v) is 3.98. The summed E-state index contributed by atoms with van der Waals surface area (Å²) in [6.45, 7) is -1.11. The molecule has 0 aliphatic heterocycles. The topological polar surface area (TPSA) is 168 Å². The maximum absolute atomic E-state index is 12.1. The van der Waals surface area contributed by atoms with E-state index in [1.54, 1.807) is 0 Å². The zero-order chi connectivity index (χ0) is 16.0. The molecule has 114 valence electrons. The van der Waals surface area contributed by atoms with E-state index >= 15 is 0 Å². The number of nitrogens with one attached hydrogen (secondary N) is 2. The van der Waals surface area contributed by atoms with Gasteiger partial charge in [0.2, 0.25) is 0 Å². The van der Waals surface area contributed by atoms with Gasteiger partial charge in [-0.1, -0.05) is 6.07 Å². The van der Waals surface area contributed by atoms with Crippen molar-refractivity contribution in [2.75, 3.05) is 18.5 Å². The number of nitro groups is 1. The Hall–Kier alpha value is -2.72. The summed E-state index contributed by atoms with van der Waals surface area (Å²) >= 11 is 0. The number of nitro benzene ring substituents is 1. The zero-order valence-electron chi connectivity index (χ0n) is 10.8. The molecule has 0 spiro atoms. The molecular formula is C11H14N4O6. The Labute approximate surface area is 118 Å². The van der Waals surface area contributed by atoms with Gasteiger partial charge in [-0.15, -0.1) is 0 Å². The van der Waals surface area contributed by atoms with Gasteiger partial charge in [0, 0.05) is 6.07 Å². The summed E-state index contributed by atoms with van der Waals surface area (Å²) in [5, 5.41) is 33.1. The molecule has 0 aliphatic carbocycles. The highest BCUT2D eigenvalue weighted by Crippen LogP contribution is 2.26. The van der Waals surface area contributed by atoms with Crippen molar-refractivity contribution in [1.82, 2.24) is 5.32 Å². The van der Waals surface area contributed by atoms with Crippen LogP contribution in [0.2, 0.25) is 0 Å². The average molecular weight is 298 g/mol. The van der Waals surface area contributed by atoms with Crippen LogP contribution in [0, 0.1) is 10.1 Å². The number of nitrogens with zero attached hydrogens (tertiary/aromatic N) is 1. The van der Waals surface area contributed by atoms with Crippen LogP contribution in [0.1, 0.15) is 10.4 Å². The van der Waals surface area contributed by atoms with Crippen LogP contribution in [-0.2, 0) is 0 Å². The monoisotopic (exact) mass is 298 g/mol. The molecule has 10 nitrogen and oxygen atoms in total. The highest BCUT2D eigenvalue weighted by molar-refractivity contribution is 6.06. The first-order valence-electron chi connectivity index (χ1n) is 5.77. The van der Waals surface area contributed by atoms with Gasteiger partial charge in [-0.2, -0.15) is 0 Å². The molecule has 1 aromatic rings. The third-order valence-corrected chi connectivity index (χ3v) is 2.50. The van der Waals surface area contributed by atoms with Gasteiger partial charge >= 0.3 is 6.03 Å². The van der Waals surface area contributed by atoms with E-state index in [4.69, 9.17) is 15.9 Å². The Bertz CT molecular complexity index is 558. The van der Waals surface area contributed by atoms with Crippen molar-refractivity contribution in [2.24, 2.45) is 5.73 Å². The van der Waals surface area contributed by atoms with E-state index in [9.17, 15) is 19.7 Å². The number of urea groups is 1. The van der Waals surface area contributed by atoms with Gasteiger partial charge in [-0.3, -0.25) is 14.9 Å². The Balaban J connectivity index is 3.25. The van der Waals surface area contributed by atoms with E-state index < -0.39 is 47.4 Å². The van der Waals surface area contributed by atoms with Gasteiger partial charge in [0.05, 0.1) is 29.9 Å². The van der Waals surface area contributed by atoms with Crippen LogP contribution in [0.5, 0.6) is 0 Å². The number of hydrogen-bond acceptors (Lipinski definition) is 6. The fraction of sp³-hybridized carbons (Fsp3) is 0.273. The summed E-state index contributed by atoms with van der Waals surface area (Å²) in [6, 6.07) is 1.63. The lowest BCUT2D eigenvalue weighted by Gasteiger charge is -2.15. The molecule has 0 fully saturated rings. The molecule has 1 rings (SSSR count). The van der Waals surface area contributed by atoms with Gasteiger partial charge in [0.15, 0.2) is 0 Å². The van der Waals surface area contributed by atoms with Crippen molar-refractivity contribution >= 4 is 23.3 Å². The maximum Gasteiger partial charge on any atom is 0.316 e. The molecule has 0 atom stereocenters. The number of primary amides is 1. The quantitative estimate of drug-likeness (QED) is 0.339. The zero-order valence-corrected chi connectivity index (χ0v) is 10.8. The van der Waals surface area contributed by atoms with E-state index in [2.05, 4.69) is 10.6 Å². The second kappa shape index (κ2) is 7.17. The largest absolute Gasteiger partial charge is 0.394 e. The first-order valence-corrected chi connectivity index (χ1v) is 5.77. The molecule has 6 N–H and O–H groups in total. The minimum Gasteiger partial charge on any atom is -0.394 e. The number of benzene rings is 1. The molecule has 1 aromatic carbocycles. The number of amides is 3. The normalized spacial score (nSPS) is 10.2. The Morgan fingerprint density at radius 1 is 1.33 bits per heavy atom. The standard InChI is InChI=1S/C11H14N4O6/c12-11(19)14-7-2-1-3-8(15(20)21)9(7)10(18)13-6(4-16)5-17/h1-3,6,16-17H,4-5H2,(H,13,18)(H3,12,14,19). The molecule has 21 heavy (non-hydrogen) atoms. The first kappa shape index (κ1) is 16.3. The fourth-order valence-corrected chi connectivity index (χ4v) is 1.57. The molecule has 0 saturated carbocycles. The van der Waals surface area contributed by atoms with Crippen LogP contribution in [0.3, 0.4) is 0 Å². The van der Waals surface area contributed by atoms with Crippen LogP contribution in [0.15, 0.2) is 18.2 Å². The molecular weight excluding hydrogens is 284 g/mol. The SMILES string of the molecule is NC(=O)Nc1cccc([N+](=O)[O-])c1C(=O)NC(CO)CO. The van der Waals surface area contributed by atoms with Gasteiger partial charge in [0.1, 0.15) is 5.56 Å². The van der Waals surface area contributed by atoms with Crippen LogP contribution in [0.25, 0.3) is 0 Å². The summed E-state index contributed by atoms with van der Waals surface area (Å²) in [5.41, 5.74) is 3.82. The van der Waals surface area contributed by atoms with Crippen LogP contribution in [0.4, 0.5) is 16.2 Å². The number of rotatable bonds is 6. The molecule has 0 radical (unpaired) electrons. The predicted molar refractivity (Wildman–Crippen MR) is 71.7 cm³/mol. The molecule has 0 bridgehead atoms. The van der Waals surface area contributed by atoms with Crippen molar-refractivity contribution < 1.29 is 24.7 Å². The summed E-state index contributed by atoms with van der Waals surface area (Å²) in [6.07, 6.45) is 0. The maximum atomic E-state index is 12.1. The number of carbonyl (C=O) groups excluding carboxylic acids is 2. The molecule has 10 heteroatoms. The van der Waals surface area contributed by atoms with Gasteiger partial charge in [-0.05, 0) is 6.07 Å². The van der Waals surface area contributed by atoms with E-state index in [-0.39, 0.29) is 5.69 Å². The molecule has 0 saturated heterocycles. The Morgan fingerprint density at radius 3 is 2.43 bits per heavy atom. The van der Waals surface area contributed by atoms with Gasteiger partial charge in [0.25, 0.3) is 11.6 Å². The predicted octanol–water partition coefficient (Wildman–Crippen LogP) is -0.832. The van der Waals surface area contributed by atoms with E-state index in [1.165, 1.54) is 12.1 Å². The minimum atomic E-state index is -0.995. The van der Waals surface area contributed by atoms with Gasteiger partial charge < -0.3 is 26.6 Å². The summed E-state index contributed by atoms with van der Waals surface area (Å²) in [4.78, 5) is 33.1. The average Bonchev–Trinajstić information content (AvgIpc) is 2.43. The van der Waals surface area contributed by atoms with Crippen LogP contribution < -0.4 is 16.4 Å². The lowest BCUT2D eigenvalue weighted by Crippen LogP contribution is -2.40. The minimum absolute atomic E-state index is 0.149. The summed E-state index contributed by atoms with van der Waals surface area (Å²) in [7, 11) is 0. The van der Waals surface area contributed by atoms with E-state index in [0.29, 0.717) is 0 Å². The van der Waals surface area contributed by atoms with Crippen molar-refractivity contribution in [3.8, 4) is 0 Å². The molecule has 0 aliphatic rings. The molecule has 0 heterocycles. The third kappa shape index (κ3) is 4.12. The first-order chi connectivity index (χ1) is 9.90. The van der Waals surface area contributed by atoms with Crippen molar-refractivity contribution in [3.63, 3.8) is 0 Å². The van der Waals surface area contributed by atoms with E-state index in [0.717, 1.165) is 6.07 Å². The van der Waals surface area contributed by atoms with Crippen molar-refractivity contribution in [3.05, 3.63) is 33.9 Å². The fourth-order valence-electron chi connectivity index (χ4n) is 1.57. The number of carbonyl (C=O) groups is 2. The van der Waals surface area contributed by atoms with Crippen molar-refractivity contribution in [2.45, 2.75) is 6.04 Å². The number of anilines is 1. The summed E-state index contributed by atoms with van der Waals surface area (Å²) in [5.74, 6) is -0.931. The van der Waals surface area contributed by atoms with E-state index in [1.807, 2.05) is 0 Å². The second-order valence-electron chi connectivity index (χ2n) is 3.98. The number of hydrogen-bond donors (Lipinski definition) is 5. The van der Waals surface area contributed by atoms with Crippen LogP contribution >= 0.6 is 0 Å². The lowest BCUT2D eigenvalue weighted by atomic mass is 10.1. The Kier molecular flexibility index (Phi) is 5.57. The number of aliphatic hydroxyl groups excluding tert-OH is 2. The number of aliphatic hydroxyl groups is 2. The molecule has 3 amide bonds.